The van der Waals surface area contributed by atoms with Crippen LogP contribution in [0.4, 0.5) is 23.7 Å². The number of carbonyl (C=O) groups is 2. The van der Waals surface area contributed by atoms with Crippen molar-refractivity contribution in [3.8, 4) is 0 Å². The van der Waals surface area contributed by atoms with E-state index in [1.165, 1.54) is 30.3 Å². The minimum Gasteiger partial charge on any atom is -0.444 e. The second-order valence-electron chi connectivity index (χ2n) is 13.6. The molecule has 3 aromatic rings. The number of anilines is 1. The van der Waals surface area contributed by atoms with Crippen molar-refractivity contribution in [3.63, 3.8) is 0 Å². The van der Waals surface area contributed by atoms with Crippen molar-refractivity contribution in [3.05, 3.63) is 110 Å². The summed E-state index contributed by atoms with van der Waals surface area (Å²) in [4.78, 5) is 31.6. The Bertz CT molecular complexity index is 1720. The Morgan fingerprint density at radius 1 is 1.08 bits per heavy atom. The molecule has 50 heavy (non-hydrogen) atoms. The molecule has 2 aliphatic heterocycles. The number of amides is 2. The SMILES string of the molecule is CC(C)(C)OC(=O)N1C[C@@H](CCc2c(F)cccc2NC(=O)[C@@H](N=[N+]=[N-])[C@@H](c2ccc(Cl)cc2)c2cc(F)cc(F)c2)OC2(CCOCC2)C1. The molecule has 3 atom stereocenters. The summed E-state index contributed by atoms with van der Waals surface area (Å²) in [5, 5.41) is 6.82. The smallest absolute Gasteiger partial charge is 0.410 e. The van der Waals surface area contributed by atoms with E-state index >= 15 is 4.39 Å². The third kappa shape index (κ3) is 9.28. The number of azide groups is 1. The number of hydrogen-bond donors (Lipinski definition) is 1. The van der Waals surface area contributed by atoms with Gasteiger partial charge in [-0.3, -0.25) is 4.79 Å². The zero-order valence-corrected chi connectivity index (χ0v) is 28.8. The van der Waals surface area contributed by atoms with Crippen molar-refractivity contribution in [2.24, 2.45) is 5.11 Å². The van der Waals surface area contributed by atoms with E-state index in [2.05, 4.69) is 15.3 Å². The molecule has 2 fully saturated rings. The molecule has 0 aliphatic carbocycles. The van der Waals surface area contributed by atoms with Crippen LogP contribution in [0.5, 0.6) is 0 Å². The Balaban J connectivity index is 1.40. The van der Waals surface area contributed by atoms with Gasteiger partial charge < -0.3 is 24.4 Å². The lowest BCUT2D eigenvalue weighted by Crippen LogP contribution is -2.59. The van der Waals surface area contributed by atoms with Crippen LogP contribution in [0.2, 0.25) is 5.02 Å². The van der Waals surface area contributed by atoms with Gasteiger partial charge in [-0.2, -0.15) is 0 Å². The molecule has 1 spiro atoms. The molecule has 2 heterocycles. The molecular formula is C36H39ClF3N5O5. The number of carbonyl (C=O) groups excluding carboxylic acids is 2. The van der Waals surface area contributed by atoms with E-state index in [1.54, 1.807) is 37.8 Å². The van der Waals surface area contributed by atoms with Gasteiger partial charge in [0.15, 0.2) is 0 Å². The molecule has 10 nitrogen and oxygen atoms in total. The van der Waals surface area contributed by atoms with Crippen molar-refractivity contribution in [1.82, 2.24) is 4.90 Å². The molecule has 0 unspecified atom stereocenters. The molecule has 0 aromatic heterocycles. The normalized spacial score (nSPS) is 18.5. The first-order valence-corrected chi connectivity index (χ1v) is 16.7. The zero-order valence-electron chi connectivity index (χ0n) is 28.0. The van der Waals surface area contributed by atoms with Crippen LogP contribution in [0.25, 0.3) is 10.4 Å². The number of hydrogen-bond acceptors (Lipinski definition) is 6. The monoisotopic (exact) mass is 713 g/mol. The summed E-state index contributed by atoms with van der Waals surface area (Å²) in [6.45, 7) is 6.89. The van der Waals surface area contributed by atoms with Crippen LogP contribution in [0.3, 0.4) is 0 Å². The number of nitrogens with one attached hydrogen (secondary N) is 1. The fourth-order valence-electron chi connectivity index (χ4n) is 6.47. The molecule has 5 rings (SSSR count). The van der Waals surface area contributed by atoms with Crippen molar-refractivity contribution in [1.29, 1.82) is 0 Å². The van der Waals surface area contributed by atoms with Gasteiger partial charge in [-0.1, -0.05) is 34.9 Å². The second kappa shape index (κ2) is 15.7. The number of benzene rings is 3. The van der Waals surface area contributed by atoms with E-state index in [0.29, 0.717) is 55.7 Å². The third-order valence-corrected chi connectivity index (χ3v) is 8.95. The van der Waals surface area contributed by atoms with Gasteiger partial charge >= 0.3 is 6.09 Å². The van der Waals surface area contributed by atoms with Gasteiger partial charge in [-0.15, -0.1) is 0 Å². The van der Waals surface area contributed by atoms with Crippen LogP contribution in [0, 0.1) is 17.5 Å². The lowest BCUT2D eigenvalue weighted by atomic mass is 9.84. The summed E-state index contributed by atoms with van der Waals surface area (Å²) in [7, 11) is 0. The first-order chi connectivity index (χ1) is 23.8. The highest BCUT2D eigenvalue weighted by molar-refractivity contribution is 6.30. The molecule has 3 aromatic carbocycles. The molecule has 0 saturated carbocycles. The second-order valence-corrected chi connectivity index (χ2v) is 14.0. The number of ether oxygens (including phenoxy) is 3. The molecule has 2 amide bonds. The number of morpholine rings is 1. The number of nitrogens with zero attached hydrogens (tertiary/aromatic N) is 4. The van der Waals surface area contributed by atoms with Crippen LogP contribution >= 0.6 is 11.6 Å². The van der Waals surface area contributed by atoms with E-state index in [0.717, 1.165) is 12.1 Å². The van der Waals surface area contributed by atoms with Crippen LogP contribution in [0.15, 0.2) is 65.8 Å². The summed E-state index contributed by atoms with van der Waals surface area (Å²) in [5.74, 6) is -4.32. The van der Waals surface area contributed by atoms with Crippen LogP contribution < -0.4 is 5.32 Å². The van der Waals surface area contributed by atoms with Crippen molar-refractivity contribution >= 4 is 29.3 Å². The predicted molar refractivity (Wildman–Crippen MR) is 181 cm³/mol. The average Bonchev–Trinajstić information content (AvgIpc) is 3.04. The first-order valence-electron chi connectivity index (χ1n) is 16.3. The number of halogens is 4. The molecule has 0 radical (unpaired) electrons. The average molecular weight is 714 g/mol. The van der Waals surface area contributed by atoms with Gasteiger partial charge in [0.1, 0.15) is 29.1 Å². The van der Waals surface area contributed by atoms with E-state index in [4.69, 9.17) is 25.8 Å². The van der Waals surface area contributed by atoms with Crippen LogP contribution in [0.1, 0.15) is 62.6 Å². The minimum absolute atomic E-state index is 0.0443. The maximum absolute atomic E-state index is 15.5. The Kier molecular flexibility index (Phi) is 11.6. The third-order valence-electron chi connectivity index (χ3n) is 8.70. The fraction of sp³-hybridized carbons (Fsp3) is 0.444. The molecule has 266 valence electrons. The van der Waals surface area contributed by atoms with Gasteiger partial charge in [-0.05, 0) is 86.7 Å². The molecule has 2 aliphatic rings. The van der Waals surface area contributed by atoms with Crippen molar-refractivity contribution in [2.45, 2.75) is 75.7 Å². The van der Waals surface area contributed by atoms with Crippen LogP contribution in [-0.2, 0) is 25.4 Å². The van der Waals surface area contributed by atoms with Crippen molar-refractivity contribution in [2.75, 3.05) is 31.6 Å². The Morgan fingerprint density at radius 2 is 1.76 bits per heavy atom. The predicted octanol–water partition coefficient (Wildman–Crippen LogP) is 8.32. The van der Waals surface area contributed by atoms with Gasteiger partial charge in [-0.25, -0.2) is 18.0 Å². The van der Waals surface area contributed by atoms with Gasteiger partial charge in [0.2, 0.25) is 5.91 Å². The Labute approximate surface area is 293 Å². The van der Waals surface area contributed by atoms with E-state index in [-0.39, 0.29) is 29.8 Å². The van der Waals surface area contributed by atoms with E-state index in [9.17, 15) is 23.9 Å². The highest BCUT2D eigenvalue weighted by Crippen LogP contribution is 2.36. The zero-order chi connectivity index (χ0) is 36.1. The standard InChI is InChI=1S/C36H39ClF3N5O5/c1-35(2,3)50-34(47)45-20-27(49-36(21-45)13-15-48-16-14-36)11-12-28-29(40)5-4-6-30(28)42-33(46)32(43-44-41)31(22-7-9-24(37)10-8-22)23-17-25(38)19-26(39)18-23/h4-10,17-19,27,31-32H,11-16,20-21H2,1-3H3,(H,42,46)/t27-,31+,32+/m1/s1. The summed E-state index contributed by atoms with van der Waals surface area (Å²) in [5.41, 5.74) is 8.89. The molecule has 1 N–H and O–H groups in total. The van der Waals surface area contributed by atoms with E-state index in [1.807, 2.05) is 0 Å². The molecule has 0 bridgehead atoms. The Morgan fingerprint density at radius 3 is 2.40 bits per heavy atom. The molecule has 14 heteroatoms. The highest BCUT2D eigenvalue weighted by Gasteiger charge is 2.44. The first kappa shape index (κ1) is 37.0. The fourth-order valence-corrected chi connectivity index (χ4v) is 6.60. The summed E-state index contributed by atoms with van der Waals surface area (Å²) >= 11 is 6.08. The van der Waals surface area contributed by atoms with Gasteiger partial charge in [0.05, 0.1) is 24.8 Å². The summed E-state index contributed by atoms with van der Waals surface area (Å²) in [6.07, 6.45) is 0.618. The lowest BCUT2D eigenvalue weighted by Gasteiger charge is -2.48. The Hall–Kier alpha value is -4.29. The molecular weight excluding hydrogens is 675 g/mol. The maximum Gasteiger partial charge on any atom is 0.410 e. The molecule has 2 saturated heterocycles. The maximum atomic E-state index is 15.5. The number of rotatable bonds is 9. The lowest BCUT2D eigenvalue weighted by molar-refractivity contribution is -0.186. The summed E-state index contributed by atoms with van der Waals surface area (Å²) in [6, 6.07) is 11.7. The van der Waals surface area contributed by atoms with Crippen molar-refractivity contribution < 1.29 is 37.0 Å². The van der Waals surface area contributed by atoms with E-state index < -0.39 is 58.7 Å². The topological polar surface area (TPSA) is 126 Å². The minimum atomic E-state index is -1.55. The van der Waals surface area contributed by atoms with Gasteiger partial charge in [0, 0.05) is 59.2 Å². The highest BCUT2D eigenvalue weighted by atomic mass is 35.5. The van der Waals surface area contributed by atoms with Crippen LogP contribution in [-0.4, -0.2) is 66.6 Å². The quantitative estimate of drug-likeness (QED) is 0.136. The van der Waals surface area contributed by atoms with Gasteiger partial charge in [0.25, 0.3) is 0 Å². The summed E-state index contributed by atoms with van der Waals surface area (Å²) < 4.78 is 62.1. The largest absolute Gasteiger partial charge is 0.444 e.